The molecule has 0 bridgehead atoms. The van der Waals surface area contributed by atoms with E-state index in [1.165, 1.54) is 18.3 Å². The molecule has 10 heteroatoms. The van der Waals surface area contributed by atoms with Crippen LogP contribution in [0.15, 0.2) is 82.8 Å². The van der Waals surface area contributed by atoms with Crippen molar-refractivity contribution < 1.29 is 13.2 Å². The third kappa shape index (κ3) is 6.19. The summed E-state index contributed by atoms with van der Waals surface area (Å²) in [4.78, 5) is 13.0. The van der Waals surface area contributed by atoms with E-state index >= 15 is 0 Å². The molecule has 1 aromatic heterocycles. The summed E-state index contributed by atoms with van der Waals surface area (Å²) in [5.74, 6) is -0.586. The molecule has 0 fully saturated rings. The van der Waals surface area contributed by atoms with Crippen molar-refractivity contribution in [1.82, 2.24) is 9.99 Å². The quantitative estimate of drug-likeness (QED) is 0.194. The van der Waals surface area contributed by atoms with E-state index in [1.54, 1.807) is 36.4 Å². The van der Waals surface area contributed by atoms with E-state index in [0.29, 0.717) is 15.7 Å². The number of hydrogen-bond donors (Lipinski definition) is 1. The number of halogens is 2. The normalized spacial score (nSPS) is 11.6. The minimum absolute atomic E-state index is 0.0903. The molecule has 0 saturated carbocycles. The molecule has 1 heterocycles. The maximum Gasteiger partial charge on any atom is 0.264 e. The van der Waals surface area contributed by atoms with Crippen LogP contribution in [-0.4, -0.2) is 31.7 Å². The molecule has 0 aliphatic heterocycles. The van der Waals surface area contributed by atoms with Crippen molar-refractivity contribution in [3.8, 4) is 5.69 Å². The molecule has 0 atom stereocenters. The zero-order valence-corrected chi connectivity index (χ0v) is 24.3. The highest BCUT2D eigenvalue weighted by Crippen LogP contribution is 2.31. The van der Waals surface area contributed by atoms with Crippen LogP contribution in [0.25, 0.3) is 5.69 Å². The number of benzene rings is 3. The maximum atomic E-state index is 13.5. The van der Waals surface area contributed by atoms with Crippen LogP contribution in [-0.2, 0) is 14.8 Å². The highest BCUT2D eigenvalue weighted by Gasteiger charge is 2.27. The minimum atomic E-state index is -4.01. The van der Waals surface area contributed by atoms with Gasteiger partial charge in [0.2, 0.25) is 0 Å². The second-order valence-corrected chi connectivity index (χ2v) is 11.8. The summed E-state index contributed by atoms with van der Waals surface area (Å²) in [5.41, 5.74) is 7.87. The highest BCUT2D eigenvalue weighted by atomic mass is 35.5. The number of aryl methyl sites for hydroxylation is 3. The van der Waals surface area contributed by atoms with Gasteiger partial charge in [0.1, 0.15) is 6.54 Å². The van der Waals surface area contributed by atoms with E-state index in [0.717, 1.165) is 38.1 Å². The van der Waals surface area contributed by atoms with E-state index in [9.17, 15) is 13.2 Å². The number of carbonyl (C=O) groups is 1. The van der Waals surface area contributed by atoms with Gasteiger partial charge < -0.3 is 4.57 Å². The third-order valence-electron chi connectivity index (χ3n) is 6.15. The lowest BCUT2D eigenvalue weighted by molar-refractivity contribution is -0.119. The van der Waals surface area contributed by atoms with Crippen LogP contribution >= 0.6 is 23.2 Å². The van der Waals surface area contributed by atoms with Crippen LogP contribution in [0.3, 0.4) is 0 Å². The smallest absolute Gasteiger partial charge is 0.264 e. The summed E-state index contributed by atoms with van der Waals surface area (Å²) in [5, 5.41) is 4.99. The number of sulfonamides is 1. The molecule has 1 amide bonds. The number of rotatable bonds is 8. The molecule has 4 aromatic rings. The fraction of sp³-hybridized carbons (Fsp3) is 0.172. The Kier molecular flexibility index (Phi) is 8.49. The van der Waals surface area contributed by atoms with Gasteiger partial charge in [-0.3, -0.25) is 9.10 Å². The molecule has 3 aromatic carbocycles. The molecule has 7 nitrogen and oxygen atoms in total. The summed E-state index contributed by atoms with van der Waals surface area (Å²) in [6.07, 6.45) is 1.52. The first-order valence-corrected chi connectivity index (χ1v) is 14.3. The van der Waals surface area contributed by atoms with E-state index in [-0.39, 0.29) is 4.90 Å². The van der Waals surface area contributed by atoms with Gasteiger partial charge in [-0.15, -0.1) is 0 Å². The second kappa shape index (κ2) is 11.7. The van der Waals surface area contributed by atoms with Crippen molar-refractivity contribution in [2.45, 2.75) is 32.6 Å². The van der Waals surface area contributed by atoms with E-state index in [2.05, 4.69) is 10.5 Å². The zero-order chi connectivity index (χ0) is 28.3. The zero-order valence-electron chi connectivity index (χ0n) is 21.9. The SMILES string of the molecule is Cc1cc(C)cc(N(CC(=O)N/N=C/c2cc(C)n(-c3cccc(Cl)c3Cl)c2C)S(=O)(=O)c2ccccc2)c1. The van der Waals surface area contributed by atoms with Crippen molar-refractivity contribution in [2.24, 2.45) is 5.10 Å². The largest absolute Gasteiger partial charge is 0.316 e. The summed E-state index contributed by atoms with van der Waals surface area (Å²) in [6.45, 7) is 7.13. The number of hydrazone groups is 1. The number of carbonyl (C=O) groups excluding carboxylic acids is 1. The first-order valence-electron chi connectivity index (χ1n) is 12.1. The Labute approximate surface area is 238 Å². The van der Waals surface area contributed by atoms with E-state index in [4.69, 9.17) is 23.2 Å². The molecule has 0 spiro atoms. The third-order valence-corrected chi connectivity index (χ3v) is 8.75. The Morgan fingerprint density at radius 2 is 1.62 bits per heavy atom. The Balaban J connectivity index is 1.58. The summed E-state index contributed by atoms with van der Waals surface area (Å²) < 4.78 is 30.1. The van der Waals surface area contributed by atoms with Gasteiger partial charge in [0.15, 0.2) is 0 Å². The first-order chi connectivity index (χ1) is 18.5. The number of nitrogens with one attached hydrogen (secondary N) is 1. The Bertz CT molecular complexity index is 1650. The van der Waals surface area contributed by atoms with Gasteiger partial charge in [-0.1, -0.05) is 53.5 Å². The number of nitrogens with zero attached hydrogens (tertiary/aromatic N) is 3. The molecule has 0 aliphatic carbocycles. The predicted octanol–water partition coefficient (Wildman–Crippen LogP) is 6.36. The average Bonchev–Trinajstić information content (AvgIpc) is 3.16. The molecule has 4 rings (SSSR count). The maximum absolute atomic E-state index is 13.5. The lowest BCUT2D eigenvalue weighted by atomic mass is 10.1. The van der Waals surface area contributed by atoms with Gasteiger partial charge in [0.25, 0.3) is 15.9 Å². The number of hydrogen-bond acceptors (Lipinski definition) is 4. The summed E-state index contributed by atoms with van der Waals surface area (Å²) in [7, 11) is -4.01. The number of aromatic nitrogens is 1. The van der Waals surface area contributed by atoms with Crippen molar-refractivity contribution in [1.29, 1.82) is 0 Å². The number of anilines is 1. The molecule has 202 valence electrons. The highest BCUT2D eigenvalue weighted by molar-refractivity contribution is 7.92. The average molecular weight is 584 g/mol. The fourth-order valence-electron chi connectivity index (χ4n) is 4.42. The monoisotopic (exact) mass is 582 g/mol. The van der Waals surface area contributed by atoms with Crippen molar-refractivity contribution in [2.75, 3.05) is 10.8 Å². The molecule has 1 N–H and O–H groups in total. The van der Waals surface area contributed by atoms with Crippen molar-refractivity contribution in [3.63, 3.8) is 0 Å². The van der Waals surface area contributed by atoms with Crippen LogP contribution in [0.5, 0.6) is 0 Å². The molecular weight excluding hydrogens is 555 g/mol. The Morgan fingerprint density at radius 1 is 0.949 bits per heavy atom. The molecule has 0 saturated heterocycles. The van der Waals surface area contributed by atoms with E-state index < -0.39 is 22.5 Å². The van der Waals surface area contributed by atoms with Gasteiger partial charge in [-0.25, -0.2) is 13.8 Å². The summed E-state index contributed by atoms with van der Waals surface area (Å²) in [6, 6.07) is 20.8. The van der Waals surface area contributed by atoms with Crippen LogP contribution in [0.4, 0.5) is 5.69 Å². The molecule has 0 radical (unpaired) electrons. The van der Waals surface area contributed by atoms with Gasteiger partial charge in [0.05, 0.1) is 32.5 Å². The van der Waals surface area contributed by atoms with Gasteiger partial charge in [-0.05, 0) is 81.3 Å². The van der Waals surface area contributed by atoms with Crippen LogP contribution in [0.2, 0.25) is 10.0 Å². The van der Waals surface area contributed by atoms with E-state index in [1.807, 2.05) is 56.5 Å². The standard InChI is InChI=1S/C29H28Cl2N4O3S/c1-19-13-20(2)15-24(14-19)34(39(37,38)25-9-6-5-7-10-25)18-28(36)33-32-17-23-16-21(3)35(22(23)4)27-12-8-11-26(30)29(27)31/h5-17H,18H2,1-4H3,(H,33,36)/b32-17+. The fourth-order valence-corrected chi connectivity index (χ4v) is 6.23. The summed E-state index contributed by atoms with van der Waals surface area (Å²) >= 11 is 12.6. The van der Waals surface area contributed by atoms with Crippen molar-refractivity contribution >= 4 is 51.0 Å². The minimum Gasteiger partial charge on any atom is -0.316 e. The van der Waals surface area contributed by atoms with Gasteiger partial charge in [0, 0.05) is 17.0 Å². The molecule has 39 heavy (non-hydrogen) atoms. The Hall–Kier alpha value is -3.59. The lowest BCUT2D eigenvalue weighted by Gasteiger charge is -2.24. The van der Waals surface area contributed by atoms with Gasteiger partial charge >= 0.3 is 0 Å². The van der Waals surface area contributed by atoms with Crippen LogP contribution in [0, 0.1) is 27.7 Å². The topological polar surface area (TPSA) is 83.8 Å². The Morgan fingerprint density at radius 3 is 2.28 bits per heavy atom. The second-order valence-electron chi connectivity index (χ2n) is 9.20. The lowest BCUT2D eigenvalue weighted by Crippen LogP contribution is -2.39. The molecular formula is C29H28Cl2N4O3S. The number of amides is 1. The first kappa shape index (κ1) is 28.4. The predicted molar refractivity (Wildman–Crippen MR) is 158 cm³/mol. The molecule has 0 aliphatic rings. The molecule has 0 unspecified atom stereocenters. The van der Waals surface area contributed by atoms with Crippen molar-refractivity contribution in [3.05, 3.63) is 111 Å². The van der Waals surface area contributed by atoms with Crippen LogP contribution in [0.1, 0.15) is 28.1 Å². The van der Waals surface area contributed by atoms with Crippen LogP contribution < -0.4 is 9.73 Å². The van der Waals surface area contributed by atoms with Gasteiger partial charge in [-0.2, -0.15) is 5.10 Å².